The summed E-state index contributed by atoms with van der Waals surface area (Å²) in [5.41, 5.74) is 2.99. The number of hydrogen-bond donors (Lipinski definition) is 0. The number of carbonyl (C=O) groups excluding carboxylic acids is 1. The van der Waals surface area contributed by atoms with Crippen LogP contribution in [0.5, 0.6) is 11.5 Å². The third-order valence-corrected chi connectivity index (χ3v) is 7.74. The fourth-order valence-corrected chi connectivity index (χ4v) is 5.14. The summed E-state index contributed by atoms with van der Waals surface area (Å²) in [6, 6.07) is 16.6. The number of carbonyl (C=O) groups is 1. The first kappa shape index (κ1) is 26.6. The SMILES string of the molecule is CCOc1ccc(N(C(=O)CCCOc2cc(C)c(Cl)c(C)c2)S(=O)(=O)c2ccc(C)cc2)cc1. The van der Waals surface area contributed by atoms with Crippen molar-refractivity contribution in [2.45, 2.75) is 45.4 Å². The van der Waals surface area contributed by atoms with E-state index in [1.165, 1.54) is 12.1 Å². The van der Waals surface area contributed by atoms with Crippen LogP contribution < -0.4 is 13.8 Å². The molecule has 0 saturated carbocycles. The molecular weight excluding hydrogens is 486 g/mol. The fourth-order valence-electron chi connectivity index (χ4n) is 3.58. The summed E-state index contributed by atoms with van der Waals surface area (Å²) in [4.78, 5) is 13.3. The first-order valence-corrected chi connectivity index (χ1v) is 13.2. The molecule has 3 aromatic carbocycles. The Morgan fingerprint density at radius 3 is 2.06 bits per heavy atom. The number of aryl methyl sites for hydroxylation is 3. The zero-order valence-corrected chi connectivity index (χ0v) is 21.9. The van der Waals surface area contributed by atoms with Gasteiger partial charge in [0.15, 0.2) is 0 Å². The van der Waals surface area contributed by atoms with Crippen LogP contribution in [-0.2, 0) is 14.8 Å². The predicted octanol–water partition coefficient (Wildman–Crippen LogP) is 6.25. The summed E-state index contributed by atoms with van der Waals surface area (Å²) in [6.07, 6.45) is 0.334. The van der Waals surface area contributed by atoms with Gasteiger partial charge in [-0.1, -0.05) is 29.3 Å². The molecule has 0 unspecified atom stereocenters. The molecule has 0 heterocycles. The van der Waals surface area contributed by atoms with Crippen molar-refractivity contribution >= 4 is 33.2 Å². The van der Waals surface area contributed by atoms with Crippen molar-refractivity contribution < 1.29 is 22.7 Å². The minimum Gasteiger partial charge on any atom is -0.494 e. The van der Waals surface area contributed by atoms with E-state index < -0.39 is 15.9 Å². The van der Waals surface area contributed by atoms with Crippen LogP contribution >= 0.6 is 11.6 Å². The monoisotopic (exact) mass is 515 g/mol. The molecule has 0 spiro atoms. The van der Waals surface area contributed by atoms with Crippen molar-refractivity contribution in [3.63, 3.8) is 0 Å². The number of benzene rings is 3. The second-order valence-corrected chi connectivity index (χ2v) is 10.4. The second kappa shape index (κ2) is 11.6. The zero-order valence-electron chi connectivity index (χ0n) is 20.4. The molecule has 3 rings (SSSR count). The molecule has 0 atom stereocenters. The third-order valence-electron chi connectivity index (χ3n) is 5.38. The first-order valence-electron chi connectivity index (χ1n) is 11.4. The summed E-state index contributed by atoms with van der Waals surface area (Å²) in [6.45, 7) is 8.27. The molecule has 0 N–H and O–H groups in total. The van der Waals surface area contributed by atoms with Crippen LogP contribution in [-0.4, -0.2) is 27.5 Å². The summed E-state index contributed by atoms with van der Waals surface area (Å²) in [5, 5.41) is 0.694. The smallest absolute Gasteiger partial charge is 0.270 e. The number of ether oxygens (including phenoxy) is 2. The van der Waals surface area contributed by atoms with Crippen molar-refractivity contribution in [3.05, 3.63) is 82.4 Å². The largest absolute Gasteiger partial charge is 0.494 e. The zero-order chi connectivity index (χ0) is 25.6. The van der Waals surface area contributed by atoms with E-state index in [9.17, 15) is 13.2 Å². The van der Waals surface area contributed by atoms with Gasteiger partial charge in [0.1, 0.15) is 11.5 Å². The van der Waals surface area contributed by atoms with E-state index >= 15 is 0 Å². The van der Waals surface area contributed by atoms with Gasteiger partial charge in [-0.05, 0) is 93.8 Å². The Kier molecular flexibility index (Phi) is 8.81. The molecule has 0 bridgehead atoms. The number of hydrogen-bond acceptors (Lipinski definition) is 5. The molecule has 3 aromatic rings. The lowest BCUT2D eigenvalue weighted by atomic mass is 10.1. The highest BCUT2D eigenvalue weighted by molar-refractivity contribution is 7.93. The molecule has 0 radical (unpaired) electrons. The molecule has 6 nitrogen and oxygen atoms in total. The minimum atomic E-state index is -4.11. The van der Waals surface area contributed by atoms with E-state index in [-0.39, 0.29) is 23.6 Å². The number of sulfonamides is 1. The summed E-state index contributed by atoms with van der Waals surface area (Å²) in [7, 11) is -4.11. The summed E-state index contributed by atoms with van der Waals surface area (Å²) in [5.74, 6) is 0.715. The molecular formula is C27H30ClNO5S. The van der Waals surface area contributed by atoms with Gasteiger partial charge in [-0.25, -0.2) is 12.7 Å². The quantitative estimate of drug-likeness (QED) is 0.298. The van der Waals surface area contributed by atoms with E-state index in [1.54, 1.807) is 36.4 Å². The summed E-state index contributed by atoms with van der Waals surface area (Å²) >= 11 is 6.20. The topological polar surface area (TPSA) is 72.9 Å². The predicted molar refractivity (Wildman–Crippen MR) is 139 cm³/mol. The Hall–Kier alpha value is -3.03. The second-order valence-electron chi connectivity index (χ2n) is 8.23. The Morgan fingerprint density at radius 2 is 1.49 bits per heavy atom. The van der Waals surface area contributed by atoms with Gasteiger partial charge in [-0.3, -0.25) is 4.79 Å². The van der Waals surface area contributed by atoms with Crippen LogP contribution in [0.4, 0.5) is 5.69 Å². The van der Waals surface area contributed by atoms with Gasteiger partial charge in [0.2, 0.25) is 5.91 Å². The van der Waals surface area contributed by atoms with E-state index in [0.29, 0.717) is 29.5 Å². The third kappa shape index (κ3) is 6.55. The number of nitrogens with zero attached hydrogens (tertiary/aromatic N) is 1. The summed E-state index contributed by atoms with van der Waals surface area (Å²) < 4.78 is 39.1. The van der Waals surface area contributed by atoms with Gasteiger partial charge in [-0.15, -0.1) is 0 Å². The molecule has 0 fully saturated rings. The van der Waals surface area contributed by atoms with Crippen LogP contribution in [0.1, 0.15) is 36.5 Å². The molecule has 0 aliphatic carbocycles. The maximum absolute atomic E-state index is 13.5. The van der Waals surface area contributed by atoms with E-state index in [4.69, 9.17) is 21.1 Å². The highest BCUT2D eigenvalue weighted by Gasteiger charge is 2.30. The number of rotatable bonds is 10. The van der Waals surface area contributed by atoms with Gasteiger partial charge in [0, 0.05) is 11.4 Å². The Balaban J connectivity index is 1.79. The Labute approximate surface area is 212 Å². The molecule has 0 aliphatic rings. The molecule has 186 valence electrons. The van der Waals surface area contributed by atoms with Crippen molar-refractivity contribution in [3.8, 4) is 11.5 Å². The maximum atomic E-state index is 13.5. The average molecular weight is 516 g/mol. The van der Waals surface area contributed by atoms with Gasteiger partial charge < -0.3 is 9.47 Å². The van der Waals surface area contributed by atoms with Crippen LogP contribution in [0.3, 0.4) is 0 Å². The van der Waals surface area contributed by atoms with E-state index in [2.05, 4.69) is 0 Å². The van der Waals surface area contributed by atoms with E-state index in [0.717, 1.165) is 21.0 Å². The van der Waals surface area contributed by atoms with Crippen molar-refractivity contribution in [1.82, 2.24) is 0 Å². The molecule has 35 heavy (non-hydrogen) atoms. The van der Waals surface area contributed by atoms with Gasteiger partial charge >= 0.3 is 0 Å². The highest BCUT2D eigenvalue weighted by atomic mass is 35.5. The Morgan fingerprint density at radius 1 is 0.886 bits per heavy atom. The van der Waals surface area contributed by atoms with Gasteiger partial charge in [0.05, 0.1) is 23.8 Å². The number of halogens is 1. The lowest BCUT2D eigenvalue weighted by molar-refractivity contribution is -0.117. The van der Waals surface area contributed by atoms with Crippen molar-refractivity contribution in [1.29, 1.82) is 0 Å². The fraction of sp³-hybridized carbons (Fsp3) is 0.296. The van der Waals surface area contributed by atoms with Crippen LogP contribution in [0.25, 0.3) is 0 Å². The van der Waals surface area contributed by atoms with Crippen LogP contribution in [0.2, 0.25) is 5.02 Å². The number of amides is 1. The maximum Gasteiger partial charge on any atom is 0.270 e. The van der Waals surface area contributed by atoms with Gasteiger partial charge in [-0.2, -0.15) is 0 Å². The standard InChI is InChI=1S/C27H30ClNO5S/c1-5-33-23-12-10-22(11-13-23)29(35(31,32)25-14-8-19(2)9-15-25)26(30)7-6-16-34-24-17-20(3)27(28)21(4)18-24/h8-15,17-18H,5-7,16H2,1-4H3. The lowest BCUT2D eigenvalue weighted by Gasteiger charge is -2.23. The Bertz CT molecular complexity index is 1250. The van der Waals surface area contributed by atoms with Crippen molar-refractivity contribution in [2.75, 3.05) is 17.5 Å². The molecule has 1 amide bonds. The molecule has 0 aliphatic heterocycles. The molecule has 8 heteroatoms. The first-order chi connectivity index (χ1) is 16.6. The molecule has 0 aromatic heterocycles. The highest BCUT2D eigenvalue weighted by Crippen LogP contribution is 2.28. The van der Waals surface area contributed by atoms with Crippen LogP contribution in [0, 0.1) is 20.8 Å². The van der Waals surface area contributed by atoms with Gasteiger partial charge in [0.25, 0.3) is 10.0 Å². The normalized spacial score (nSPS) is 11.2. The molecule has 0 saturated heterocycles. The average Bonchev–Trinajstić information content (AvgIpc) is 2.82. The lowest BCUT2D eigenvalue weighted by Crippen LogP contribution is -2.37. The van der Waals surface area contributed by atoms with Crippen molar-refractivity contribution in [2.24, 2.45) is 0 Å². The van der Waals surface area contributed by atoms with Crippen LogP contribution in [0.15, 0.2) is 65.6 Å². The van der Waals surface area contributed by atoms with E-state index in [1.807, 2.05) is 39.8 Å². The minimum absolute atomic E-state index is 0.0101. The number of anilines is 1.